The lowest BCUT2D eigenvalue weighted by Crippen LogP contribution is -2.29. The van der Waals surface area contributed by atoms with Gasteiger partial charge in [0.1, 0.15) is 0 Å². The van der Waals surface area contributed by atoms with Crippen LogP contribution >= 0.6 is 0 Å². The number of aryl methyl sites for hydroxylation is 1. The summed E-state index contributed by atoms with van der Waals surface area (Å²) in [5.41, 5.74) is 8.06. The van der Waals surface area contributed by atoms with E-state index in [1.807, 2.05) is 6.07 Å². The Hall–Kier alpha value is -1.09. The average Bonchev–Trinajstić information content (AvgIpc) is 2.05. The Bertz CT molecular complexity index is 343. The van der Waals surface area contributed by atoms with Crippen molar-refractivity contribution in [3.63, 3.8) is 0 Å². The van der Waals surface area contributed by atoms with Gasteiger partial charge in [-0.05, 0) is 24.8 Å². The molecule has 0 saturated carbocycles. The van der Waals surface area contributed by atoms with Crippen molar-refractivity contribution in [2.75, 3.05) is 0 Å². The van der Waals surface area contributed by atoms with Crippen LogP contribution in [0.5, 0.6) is 0 Å². The Morgan fingerprint density at radius 1 is 1.50 bits per heavy atom. The molecule has 0 unspecified atom stereocenters. The first-order valence-corrected chi connectivity index (χ1v) is 4.22. The summed E-state index contributed by atoms with van der Waals surface area (Å²) in [6, 6.07) is 3.72. The van der Waals surface area contributed by atoms with E-state index in [9.17, 15) is 4.79 Å². The molecule has 0 saturated heterocycles. The molecule has 0 aromatic carbocycles. The van der Waals surface area contributed by atoms with E-state index in [2.05, 4.69) is 4.98 Å². The molecule has 0 radical (unpaired) electrons. The van der Waals surface area contributed by atoms with Crippen molar-refractivity contribution in [2.45, 2.75) is 25.3 Å². The predicted octanol–water partition coefficient (Wildman–Crippen LogP) is 0.191. The Balaban J connectivity index is 2.43. The second-order valence-corrected chi connectivity index (χ2v) is 3.33. The minimum Gasteiger partial charge on any atom is -0.327 e. The molecule has 3 nitrogen and oxygen atoms in total. The second-order valence-electron chi connectivity index (χ2n) is 3.33. The third-order valence-electron chi connectivity index (χ3n) is 2.34. The molecule has 64 valence electrons. The molecule has 0 amide bonds. The van der Waals surface area contributed by atoms with Gasteiger partial charge in [0, 0.05) is 17.8 Å². The number of hydrogen-bond acceptors (Lipinski definition) is 2. The number of hydrogen-bond donors (Lipinski definition) is 2. The highest BCUT2D eigenvalue weighted by Crippen LogP contribution is 2.16. The molecule has 12 heavy (non-hydrogen) atoms. The van der Waals surface area contributed by atoms with Gasteiger partial charge in [-0.25, -0.2) is 0 Å². The Morgan fingerprint density at radius 3 is 3.17 bits per heavy atom. The first-order valence-electron chi connectivity index (χ1n) is 4.22. The second kappa shape index (κ2) is 2.75. The number of nitrogens with two attached hydrogens (primary N) is 1. The molecule has 3 heteroatoms. The summed E-state index contributed by atoms with van der Waals surface area (Å²) in [7, 11) is 0. The van der Waals surface area contributed by atoms with E-state index >= 15 is 0 Å². The zero-order valence-corrected chi connectivity index (χ0v) is 6.84. The van der Waals surface area contributed by atoms with Crippen LogP contribution in [-0.2, 0) is 12.8 Å². The van der Waals surface area contributed by atoms with Gasteiger partial charge >= 0.3 is 0 Å². The third kappa shape index (κ3) is 1.28. The zero-order valence-electron chi connectivity index (χ0n) is 6.84. The smallest absolute Gasteiger partial charge is 0.248 e. The van der Waals surface area contributed by atoms with Gasteiger partial charge in [0.05, 0.1) is 0 Å². The topological polar surface area (TPSA) is 58.9 Å². The third-order valence-corrected chi connectivity index (χ3v) is 2.34. The monoisotopic (exact) mass is 164 g/mol. The van der Waals surface area contributed by atoms with E-state index in [1.54, 1.807) is 6.07 Å². The molecule has 1 aliphatic rings. The summed E-state index contributed by atoms with van der Waals surface area (Å²) >= 11 is 0. The Kier molecular flexibility index (Phi) is 1.73. The van der Waals surface area contributed by atoms with Crippen molar-refractivity contribution in [1.29, 1.82) is 0 Å². The van der Waals surface area contributed by atoms with Crippen LogP contribution in [-0.4, -0.2) is 11.0 Å². The molecule has 2 rings (SSSR count). The molecule has 0 bridgehead atoms. The number of aromatic nitrogens is 1. The van der Waals surface area contributed by atoms with Gasteiger partial charge in [-0.1, -0.05) is 6.07 Å². The van der Waals surface area contributed by atoms with Gasteiger partial charge in [-0.15, -0.1) is 0 Å². The molecule has 0 aliphatic heterocycles. The van der Waals surface area contributed by atoms with Gasteiger partial charge in [-0.2, -0.15) is 0 Å². The normalized spacial score (nSPS) is 21.9. The predicted molar refractivity (Wildman–Crippen MR) is 47.1 cm³/mol. The summed E-state index contributed by atoms with van der Waals surface area (Å²) in [4.78, 5) is 13.8. The molecule has 0 spiro atoms. The lowest BCUT2D eigenvalue weighted by atomic mass is 9.93. The molecule has 3 N–H and O–H groups in total. The van der Waals surface area contributed by atoms with Crippen LogP contribution in [0.4, 0.5) is 0 Å². The Labute approximate surface area is 70.6 Å². The summed E-state index contributed by atoms with van der Waals surface area (Å²) in [6.07, 6.45) is 2.78. The fourth-order valence-electron chi connectivity index (χ4n) is 1.68. The van der Waals surface area contributed by atoms with Gasteiger partial charge in [0.25, 0.3) is 0 Å². The lowest BCUT2D eigenvalue weighted by Gasteiger charge is -2.20. The lowest BCUT2D eigenvalue weighted by molar-refractivity contribution is 0.565. The maximum absolute atomic E-state index is 10.9. The van der Waals surface area contributed by atoms with E-state index in [1.165, 1.54) is 5.56 Å². The van der Waals surface area contributed by atoms with Crippen molar-refractivity contribution < 1.29 is 0 Å². The Morgan fingerprint density at radius 2 is 2.33 bits per heavy atom. The van der Waals surface area contributed by atoms with E-state index < -0.39 is 0 Å². The van der Waals surface area contributed by atoms with Crippen LogP contribution in [0.3, 0.4) is 0 Å². The standard InChI is InChI=1S/C9H12N2O/c10-7-2-3-8-6(5-7)1-4-9(12)11-8/h1,4,7H,2-3,5,10H2,(H,11,12)/t7-/m0/s1. The highest BCUT2D eigenvalue weighted by Gasteiger charge is 2.15. The number of pyridine rings is 1. The molecule has 0 fully saturated rings. The van der Waals surface area contributed by atoms with Crippen LogP contribution in [0.2, 0.25) is 0 Å². The molecule has 1 aromatic heterocycles. The summed E-state index contributed by atoms with van der Waals surface area (Å²) in [6.45, 7) is 0. The molecule has 1 heterocycles. The minimum absolute atomic E-state index is 0.00998. The molecule has 1 aliphatic carbocycles. The summed E-state index contributed by atoms with van der Waals surface area (Å²) < 4.78 is 0. The van der Waals surface area contributed by atoms with Crippen LogP contribution in [0, 0.1) is 0 Å². The van der Waals surface area contributed by atoms with Gasteiger partial charge in [-0.3, -0.25) is 4.79 Å². The van der Waals surface area contributed by atoms with Crippen molar-refractivity contribution in [1.82, 2.24) is 4.98 Å². The number of nitrogens with one attached hydrogen (secondary N) is 1. The van der Waals surface area contributed by atoms with E-state index in [0.29, 0.717) is 0 Å². The van der Waals surface area contributed by atoms with Gasteiger partial charge in [0.15, 0.2) is 0 Å². The van der Waals surface area contributed by atoms with E-state index in [4.69, 9.17) is 5.73 Å². The number of rotatable bonds is 0. The molecule has 1 aromatic rings. The van der Waals surface area contributed by atoms with Crippen molar-refractivity contribution in [2.24, 2.45) is 5.73 Å². The first-order chi connectivity index (χ1) is 5.75. The highest BCUT2D eigenvalue weighted by atomic mass is 16.1. The van der Waals surface area contributed by atoms with Crippen LogP contribution in [0.15, 0.2) is 16.9 Å². The number of H-pyrrole nitrogens is 1. The molecular weight excluding hydrogens is 152 g/mol. The fraction of sp³-hybridized carbons (Fsp3) is 0.444. The van der Waals surface area contributed by atoms with Crippen molar-refractivity contribution in [3.05, 3.63) is 33.7 Å². The van der Waals surface area contributed by atoms with Crippen LogP contribution in [0.25, 0.3) is 0 Å². The molecule has 1 atom stereocenters. The maximum atomic E-state index is 10.9. The highest BCUT2D eigenvalue weighted by molar-refractivity contribution is 5.23. The maximum Gasteiger partial charge on any atom is 0.248 e. The van der Waals surface area contributed by atoms with Crippen molar-refractivity contribution in [3.8, 4) is 0 Å². The average molecular weight is 164 g/mol. The largest absolute Gasteiger partial charge is 0.327 e. The van der Waals surface area contributed by atoms with Crippen molar-refractivity contribution >= 4 is 0 Å². The van der Waals surface area contributed by atoms with E-state index in [0.717, 1.165) is 25.0 Å². The first kappa shape index (κ1) is 7.55. The van der Waals surface area contributed by atoms with Crippen LogP contribution < -0.4 is 11.3 Å². The minimum atomic E-state index is -0.00998. The SMILES string of the molecule is N[C@H]1CCc2[nH]c(=O)ccc2C1. The molecular formula is C9H12N2O. The van der Waals surface area contributed by atoms with E-state index in [-0.39, 0.29) is 11.6 Å². The fourth-order valence-corrected chi connectivity index (χ4v) is 1.68. The number of fused-ring (bicyclic) bond motifs is 1. The number of aromatic amines is 1. The summed E-state index contributed by atoms with van der Waals surface area (Å²) in [5.74, 6) is 0. The quantitative estimate of drug-likeness (QED) is 0.575. The summed E-state index contributed by atoms with van der Waals surface area (Å²) in [5, 5.41) is 0. The zero-order chi connectivity index (χ0) is 8.55. The van der Waals surface area contributed by atoms with Crippen LogP contribution in [0.1, 0.15) is 17.7 Å². The van der Waals surface area contributed by atoms with Gasteiger partial charge in [0.2, 0.25) is 5.56 Å². The van der Waals surface area contributed by atoms with Gasteiger partial charge < -0.3 is 10.7 Å².